The lowest BCUT2D eigenvalue weighted by Gasteiger charge is -2.20. The molecule has 2 N–H and O–H groups in total. The molecule has 0 saturated carbocycles. The quantitative estimate of drug-likeness (QED) is 0.202. The van der Waals surface area contributed by atoms with Crippen molar-refractivity contribution in [3.05, 3.63) is 88.5 Å². The number of benzene rings is 3. The molecule has 0 atom stereocenters. The van der Waals surface area contributed by atoms with E-state index in [2.05, 4.69) is 76.3 Å². The van der Waals surface area contributed by atoms with Crippen molar-refractivity contribution in [3.8, 4) is 16.9 Å². The van der Waals surface area contributed by atoms with E-state index >= 15 is 0 Å². The number of carbonyl (C=O) groups excluding carboxylic acids is 1. The number of unbranched alkanes of at least 4 members (excludes halogenated alkanes) is 4. The van der Waals surface area contributed by atoms with Gasteiger partial charge in [-0.3, -0.25) is 9.59 Å². The molecule has 3 aromatic rings. The highest BCUT2D eigenvalue weighted by Crippen LogP contribution is 2.33. The number of hydrogen-bond acceptors (Lipinski definition) is 3. The van der Waals surface area contributed by atoms with E-state index in [1.165, 1.54) is 46.2 Å². The smallest absolute Gasteiger partial charge is 0.305 e. The van der Waals surface area contributed by atoms with Crippen molar-refractivity contribution in [1.82, 2.24) is 5.32 Å². The summed E-state index contributed by atoms with van der Waals surface area (Å²) in [5.74, 6) is -0.205. The molecule has 0 saturated heterocycles. The number of carbonyl (C=O) groups is 2. The fourth-order valence-electron chi connectivity index (χ4n) is 4.96. The molecule has 3 rings (SSSR count). The number of rotatable bonds is 14. The highest BCUT2D eigenvalue weighted by atomic mass is 16.5. The molecule has 0 aliphatic rings. The summed E-state index contributed by atoms with van der Waals surface area (Å²) >= 11 is 0. The van der Waals surface area contributed by atoms with Crippen LogP contribution in [0.15, 0.2) is 60.7 Å². The number of ether oxygens (including phenoxy) is 1. The number of carboxylic acid groups (broad SMARTS) is 1. The Labute approximate surface area is 240 Å². The third kappa shape index (κ3) is 9.55. The van der Waals surface area contributed by atoms with Crippen LogP contribution >= 0.6 is 0 Å². The maximum absolute atomic E-state index is 12.0. The van der Waals surface area contributed by atoms with Gasteiger partial charge < -0.3 is 15.2 Å². The van der Waals surface area contributed by atoms with E-state index in [0.717, 1.165) is 38.0 Å². The van der Waals surface area contributed by atoms with Gasteiger partial charge in [0, 0.05) is 12.1 Å². The molecule has 0 fully saturated rings. The number of nitrogens with one attached hydrogen (secondary N) is 1. The highest BCUT2D eigenvalue weighted by Gasteiger charge is 2.14. The van der Waals surface area contributed by atoms with Gasteiger partial charge in [-0.1, -0.05) is 76.4 Å². The Morgan fingerprint density at radius 1 is 0.825 bits per heavy atom. The third-order valence-corrected chi connectivity index (χ3v) is 7.26. The van der Waals surface area contributed by atoms with E-state index in [4.69, 9.17) is 9.84 Å². The summed E-state index contributed by atoms with van der Waals surface area (Å²) < 4.78 is 6.10. The van der Waals surface area contributed by atoms with Crippen molar-refractivity contribution < 1.29 is 19.4 Å². The number of aliphatic carboxylic acids is 1. The van der Waals surface area contributed by atoms with Crippen molar-refractivity contribution in [3.63, 3.8) is 0 Å². The number of hydrogen-bond donors (Lipinski definition) is 2. The van der Waals surface area contributed by atoms with E-state index in [1.807, 2.05) is 12.1 Å². The Kier molecular flexibility index (Phi) is 11.4. The average Bonchev–Trinajstić information content (AvgIpc) is 2.89. The molecule has 0 aromatic heterocycles. The van der Waals surface area contributed by atoms with Crippen molar-refractivity contribution in [1.29, 1.82) is 0 Å². The van der Waals surface area contributed by atoms with Crippen LogP contribution in [0.3, 0.4) is 0 Å². The zero-order valence-corrected chi connectivity index (χ0v) is 24.8. The highest BCUT2D eigenvalue weighted by molar-refractivity contribution is 5.94. The topological polar surface area (TPSA) is 75.6 Å². The molecule has 0 radical (unpaired) electrons. The van der Waals surface area contributed by atoms with Gasteiger partial charge in [0.2, 0.25) is 0 Å². The predicted molar refractivity (Wildman–Crippen MR) is 163 cm³/mol. The second-order valence-corrected chi connectivity index (χ2v) is 11.7. The lowest BCUT2D eigenvalue weighted by Crippen LogP contribution is -2.25. The maximum atomic E-state index is 12.0. The van der Waals surface area contributed by atoms with Crippen LogP contribution < -0.4 is 10.1 Å². The van der Waals surface area contributed by atoms with Gasteiger partial charge in [0.25, 0.3) is 5.91 Å². The first-order chi connectivity index (χ1) is 19.0. The molecule has 5 nitrogen and oxygen atoms in total. The van der Waals surface area contributed by atoms with Crippen LogP contribution in [0.1, 0.15) is 91.9 Å². The van der Waals surface area contributed by atoms with Crippen molar-refractivity contribution in [2.45, 2.75) is 85.0 Å². The summed E-state index contributed by atoms with van der Waals surface area (Å²) in [4.78, 5) is 22.6. The van der Waals surface area contributed by atoms with Crippen LogP contribution in [0.25, 0.3) is 11.1 Å². The molecule has 214 valence electrons. The lowest BCUT2D eigenvalue weighted by atomic mass is 9.85. The molecule has 0 aliphatic heterocycles. The fourth-order valence-corrected chi connectivity index (χ4v) is 4.96. The first-order valence-electron chi connectivity index (χ1n) is 14.5. The summed E-state index contributed by atoms with van der Waals surface area (Å²) in [6.45, 7) is 11.9. The van der Waals surface area contributed by atoms with Crippen molar-refractivity contribution in [2.24, 2.45) is 0 Å². The molecular formula is C35H45NO4. The van der Waals surface area contributed by atoms with Crippen LogP contribution in [0.5, 0.6) is 5.75 Å². The lowest BCUT2D eigenvalue weighted by molar-refractivity contribution is -0.136. The fraction of sp³-hybridized carbons (Fsp3) is 0.429. The molecule has 5 heteroatoms. The van der Waals surface area contributed by atoms with Gasteiger partial charge in [0.05, 0.1) is 13.0 Å². The molecule has 40 heavy (non-hydrogen) atoms. The molecule has 0 spiro atoms. The van der Waals surface area contributed by atoms with Gasteiger partial charge >= 0.3 is 5.97 Å². The van der Waals surface area contributed by atoms with Gasteiger partial charge in [-0.25, -0.2) is 0 Å². The number of amides is 1. The van der Waals surface area contributed by atoms with Crippen molar-refractivity contribution >= 4 is 11.9 Å². The molecule has 3 aromatic carbocycles. The SMILES string of the molecule is Cc1cc(OCCCCCCCc2ccc(C(=O)NCCC(=O)O)cc2)cc(C)c1-c1ccc(C(C)(C)C)cc1. The Bertz CT molecular complexity index is 1230. The second-order valence-electron chi connectivity index (χ2n) is 11.7. The predicted octanol–water partition coefficient (Wildman–Crippen LogP) is 8.04. The van der Waals surface area contributed by atoms with Crippen LogP contribution in [0.2, 0.25) is 0 Å². The minimum Gasteiger partial charge on any atom is -0.494 e. The summed E-state index contributed by atoms with van der Waals surface area (Å²) in [6.07, 6.45) is 6.55. The van der Waals surface area contributed by atoms with Crippen LogP contribution in [0.4, 0.5) is 0 Å². The number of aryl methyl sites for hydroxylation is 3. The molecule has 0 heterocycles. The summed E-state index contributed by atoms with van der Waals surface area (Å²) in [7, 11) is 0. The first-order valence-corrected chi connectivity index (χ1v) is 14.5. The van der Waals surface area contributed by atoms with E-state index in [-0.39, 0.29) is 24.3 Å². The van der Waals surface area contributed by atoms with E-state index in [9.17, 15) is 9.59 Å². The largest absolute Gasteiger partial charge is 0.494 e. The molecular weight excluding hydrogens is 498 g/mol. The van der Waals surface area contributed by atoms with E-state index < -0.39 is 5.97 Å². The van der Waals surface area contributed by atoms with Gasteiger partial charge in [-0.05, 0) is 96.2 Å². The number of carboxylic acids is 1. The standard InChI is InChI=1S/C35H45NO4/c1-25-23-31(24-26(2)33(25)28-16-18-30(19-17-28)35(3,4)5)40-22-10-8-6-7-9-11-27-12-14-29(15-13-27)34(39)36-21-20-32(37)38/h12-19,23-24H,6-11,20-22H2,1-5H3,(H,36,39)(H,37,38). The van der Waals surface area contributed by atoms with E-state index in [0.29, 0.717) is 5.56 Å². The second kappa shape index (κ2) is 14.7. The monoisotopic (exact) mass is 543 g/mol. The zero-order chi connectivity index (χ0) is 29.1. The van der Waals surface area contributed by atoms with Gasteiger partial charge in [-0.15, -0.1) is 0 Å². The summed E-state index contributed by atoms with van der Waals surface area (Å²) in [5, 5.41) is 11.3. The molecule has 0 unspecified atom stereocenters. The van der Waals surface area contributed by atoms with Crippen LogP contribution in [-0.4, -0.2) is 30.1 Å². The first kappa shape index (κ1) is 30.9. The van der Waals surface area contributed by atoms with Gasteiger partial charge in [0.15, 0.2) is 0 Å². The Morgan fingerprint density at radius 3 is 2.02 bits per heavy atom. The molecule has 1 amide bonds. The minimum atomic E-state index is -0.920. The molecule has 0 aliphatic carbocycles. The normalized spacial score (nSPS) is 11.3. The molecule has 0 bridgehead atoms. The maximum Gasteiger partial charge on any atom is 0.305 e. The van der Waals surface area contributed by atoms with E-state index in [1.54, 1.807) is 12.1 Å². The Hall–Kier alpha value is -3.60. The van der Waals surface area contributed by atoms with Gasteiger partial charge in [-0.2, -0.15) is 0 Å². The zero-order valence-electron chi connectivity index (χ0n) is 24.8. The summed E-state index contributed by atoms with van der Waals surface area (Å²) in [6, 6.07) is 20.8. The average molecular weight is 544 g/mol. The Balaban J connectivity index is 1.34. The summed E-state index contributed by atoms with van der Waals surface area (Å²) in [5.41, 5.74) is 8.30. The Morgan fingerprint density at radius 2 is 1.43 bits per heavy atom. The van der Waals surface area contributed by atoms with Gasteiger partial charge in [0.1, 0.15) is 5.75 Å². The third-order valence-electron chi connectivity index (χ3n) is 7.26. The van der Waals surface area contributed by atoms with Crippen LogP contribution in [-0.2, 0) is 16.6 Å². The van der Waals surface area contributed by atoms with Crippen molar-refractivity contribution in [2.75, 3.05) is 13.2 Å². The van der Waals surface area contributed by atoms with Crippen LogP contribution in [0, 0.1) is 13.8 Å². The minimum absolute atomic E-state index is 0.0735.